The molecule has 0 N–H and O–H groups in total. The molecule has 0 saturated carbocycles. The second kappa shape index (κ2) is 5.77. The number of rotatable bonds is 4. The van der Waals surface area contributed by atoms with Crippen molar-refractivity contribution in [1.82, 2.24) is 0 Å². The summed E-state index contributed by atoms with van der Waals surface area (Å²) < 4.78 is 24.8. The van der Waals surface area contributed by atoms with Gasteiger partial charge in [0.1, 0.15) is 5.25 Å². The fraction of sp³-hybridized carbons (Fsp3) is 0.133. The van der Waals surface area contributed by atoms with Gasteiger partial charge in [-0.15, -0.1) is 0 Å². The first-order valence-electron chi connectivity index (χ1n) is 6.01. The summed E-state index contributed by atoms with van der Waals surface area (Å²) in [4.78, 5) is 12.4. The molecule has 0 aliphatic rings. The van der Waals surface area contributed by atoms with E-state index in [1.807, 2.05) is 0 Å². The zero-order chi connectivity index (χ0) is 14.8. The van der Waals surface area contributed by atoms with Crippen molar-refractivity contribution in [3.63, 3.8) is 0 Å². The molecule has 5 heteroatoms. The van der Waals surface area contributed by atoms with Crippen LogP contribution >= 0.6 is 11.6 Å². The SMILES string of the molecule is CC(C(=O)c1cccc(Cl)c1)S(=O)(=O)c1ccccc1. The Balaban J connectivity index is 2.36. The molecule has 104 valence electrons. The van der Waals surface area contributed by atoms with E-state index < -0.39 is 20.9 Å². The highest BCUT2D eigenvalue weighted by Gasteiger charge is 2.30. The number of benzene rings is 2. The number of hydrogen-bond acceptors (Lipinski definition) is 3. The molecule has 1 unspecified atom stereocenters. The highest BCUT2D eigenvalue weighted by molar-refractivity contribution is 7.92. The van der Waals surface area contributed by atoms with E-state index in [0.29, 0.717) is 10.6 Å². The van der Waals surface area contributed by atoms with E-state index in [1.165, 1.54) is 25.1 Å². The minimum Gasteiger partial charge on any atom is -0.293 e. The number of hydrogen-bond donors (Lipinski definition) is 0. The maximum atomic E-state index is 12.4. The molecule has 20 heavy (non-hydrogen) atoms. The van der Waals surface area contributed by atoms with Gasteiger partial charge in [-0.25, -0.2) is 8.42 Å². The van der Waals surface area contributed by atoms with Crippen molar-refractivity contribution in [2.24, 2.45) is 0 Å². The summed E-state index contributed by atoms with van der Waals surface area (Å²) in [6.45, 7) is 1.39. The van der Waals surface area contributed by atoms with Crippen LogP contribution in [0.25, 0.3) is 0 Å². The third-order valence-electron chi connectivity index (χ3n) is 3.02. The van der Waals surface area contributed by atoms with Gasteiger partial charge >= 0.3 is 0 Å². The van der Waals surface area contributed by atoms with Crippen LogP contribution in [0.15, 0.2) is 59.5 Å². The first kappa shape index (κ1) is 14.8. The van der Waals surface area contributed by atoms with Crippen LogP contribution in [0.5, 0.6) is 0 Å². The van der Waals surface area contributed by atoms with Crippen LogP contribution in [0, 0.1) is 0 Å². The monoisotopic (exact) mass is 308 g/mol. The molecular formula is C15H13ClO3S. The molecule has 0 radical (unpaired) electrons. The molecular weight excluding hydrogens is 296 g/mol. The summed E-state index contributed by atoms with van der Waals surface area (Å²) in [6, 6.07) is 14.2. The van der Waals surface area contributed by atoms with Gasteiger partial charge < -0.3 is 0 Å². The summed E-state index contributed by atoms with van der Waals surface area (Å²) in [6.07, 6.45) is 0. The normalized spacial score (nSPS) is 12.9. The third kappa shape index (κ3) is 2.92. The summed E-state index contributed by atoms with van der Waals surface area (Å²) in [5.74, 6) is -0.462. The fourth-order valence-electron chi connectivity index (χ4n) is 1.83. The van der Waals surface area contributed by atoms with Gasteiger partial charge in [0.05, 0.1) is 4.90 Å². The zero-order valence-electron chi connectivity index (χ0n) is 10.8. The fourth-order valence-corrected chi connectivity index (χ4v) is 3.38. The Labute approximate surface area is 123 Å². The summed E-state index contributed by atoms with van der Waals surface area (Å²) >= 11 is 5.82. The quantitative estimate of drug-likeness (QED) is 0.814. The van der Waals surface area contributed by atoms with Crippen molar-refractivity contribution in [1.29, 1.82) is 0 Å². The Morgan fingerprint density at radius 3 is 2.30 bits per heavy atom. The molecule has 2 aromatic carbocycles. The zero-order valence-corrected chi connectivity index (χ0v) is 12.4. The Hall–Kier alpha value is -1.65. The van der Waals surface area contributed by atoms with Crippen LogP contribution in [-0.4, -0.2) is 19.5 Å². The standard InChI is InChI=1S/C15H13ClO3S/c1-11(15(17)12-6-5-7-13(16)10-12)20(18,19)14-8-3-2-4-9-14/h2-11H,1H3. The van der Waals surface area contributed by atoms with Crippen LogP contribution < -0.4 is 0 Å². The number of halogens is 1. The molecule has 0 saturated heterocycles. The number of Topliss-reactive ketones (excluding diaryl/α,β-unsaturated/α-hetero) is 1. The van der Waals surface area contributed by atoms with Gasteiger partial charge in [-0.05, 0) is 31.2 Å². The lowest BCUT2D eigenvalue weighted by Crippen LogP contribution is -2.27. The lowest BCUT2D eigenvalue weighted by atomic mass is 10.1. The van der Waals surface area contributed by atoms with E-state index >= 15 is 0 Å². The van der Waals surface area contributed by atoms with E-state index in [2.05, 4.69) is 0 Å². The Morgan fingerprint density at radius 2 is 1.70 bits per heavy atom. The van der Waals surface area contributed by atoms with Gasteiger partial charge in [-0.1, -0.05) is 41.9 Å². The number of ketones is 1. The van der Waals surface area contributed by atoms with Gasteiger partial charge in [0.15, 0.2) is 15.6 Å². The van der Waals surface area contributed by atoms with Crippen LogP contribution in [0.3, 0.4) is 0 Å². The Morgan fingerprint density at radius 1 is 1.05 bits per heavy atom. The maximum absolute atomic E-state index is 12.4. The average Bonchev–Trinajstić information content (AvgIpc) is 2.46. The molecule has 0 aliphatic heterocycles. The molecule has 3 nitrogen and oxygen atoms in total. The molecule has 2 rings (SSSR count). The average molecular weight is 309 g/mol. The molecule has 0 fully saturated rings. The van der Waals surface area contributed by atoms with Gasteiger partial charge in [0.2, 0.25) is 0 Å². The van der Waals surface area contributed by atoms with E-state index in [9.17, 15) is 13.2 Å². The lowest BCUT2D eigenvalue weighted by molar-refractivity contribution is 0.0991. The molecule has 0 bridgehead atoms. The van der Waals surface area contributed by atoms with E-state index in [0.717, 1.165) is 0 Å². The predicted molar refractivity (Wildman–Crippen MR) is 78.9 cm³/mol. The van der Waals surface area contributed by atoms with Gasteiger partial charge in [0.25, 0.3) is 0 Å². The predicted octanol–water partition coefficient (Wildman–Crippen LogP) is 3.39. The summed E-state index contributed by atoms with van der Waals surface area (Å²) in [7, 11) is -3.69. The maximum Gasteiger partial charge on any atom is 0.188 e. The first-order valence-corrected chi connectivity index (χ1v) is 7.94. The van der Waals surface area contributed by atoms with Crippen LogP contribution in [0.4, 0.5) is 0 Å². The summed E-state index contributed by atoms with van der Waals surface area (Å²) in [5.41, 5.74) is 0.296. The van der Waals surface area contributed by atoms with Crippen molar-refractivity contribution in [3.05, 3.63) is 65.2 Å². The van der Waals surface area contributed by atoms with E-state index in [-0.39, 0.29) is 4.90 Å². The molecule has 0 aliphatic carbocycles. The number of sulfone groups is 1. The van der Waals surface area contributed by atoms with Gasteiger partial charge in [0, 0.05) is 10.6 Å². The second-order valence-corrected chi connectivity index (χ2v) is 7.08. The highest BCUT2D eigenvalue weighted by atomic mass is 35.5. The first-order chi connectivity index (χ1) is 9.43. The smallest absolute Gasteiger partial charge is 0.188 e. The Bertz CT molecular complexity index is 724. The van der Waals surface area contributed by atoms with Crippen molar-refractivity contribution in [2.75, 3.05) is 0 Å². The molecule has 1 atom stereocenters. The van der Waals surface area contributed by atoms with E-state index in [4.69, 9.17) is 11.6 Å². The Kier molecular flexibility index (Phi) is 4.26. The van der Waals surface area contributed by atoms with Crippen LogP contribution in [0.2, 0.25) is 5.02 Å². The molecule has 0 aromatic heterocycles. The van der Waals surface area contributed by atoms with Crippen molar-refractivity contribution < 1.29 is 13.2 Å². The second-order valence-electron chi connectivity index (χ2n) is 4.37. The molecule has 0 spiro atoms. The van der Waals surface area contributed by atoms with Crippen molar-refractivity contribution in [2.45, 2.75) is 17.1 Å². The largest absolute Gasteiger partial charge is 0.293 e. The number of carbonyl (C=O) groups excluding carboxylic acids is 1. The lowest BCUT2D eigenvalue weighted by Gasteiger charge is -2.12. The van der Waals surface area contributed by atoms with Crippen LogP contribution in [0.1, 0.15) is 17.3 Å². The summed E-state index contributed by atoms with van der Waals surface area (Å²) in [5, 5.41) is -0.747. The molecule has 0 amide bonds. The minimum atomic E-state index is -3.69. The molecule has 2 aromatic rings. The third-order valence-corrected chi connectivity index (χ3v) is 5.32. The highest BCUT2D eigenvalue weighted by Crippen LogP contribution is 2.20. The van der Waals surface area contributed by atoms with Crippen LogP contribution in [-0.2, 0) is 9.84 Å². The van der Waals surface area contributed by atoms with Crippen molar-refractivity contribution >= 4 is 27.2 Å². The van der Waals surface area contributed by atoms with Gasteiger partial charge in [-0.3, -0.25) is 4.79 Å². The van der Waals surface area contributed by atoms with E-state index in [1.54, 1.807) is 36.4 Å². The molecule has 0 heterocycles. The van der Waals surface area contributed by atoms with Crippen molar-refractivity contribution in [3.8, 4) is 0 Å². The van der Waals surface area contributed by atoms with Gasteiger partial charge in [-0.2, -0.15) is 0 Å². The topological polar surface area (TPSA) is 51.2 Å². The minimum absolute atomic E-state index is 0.142. The number of carbonyl (C=O) groups is 1.